The number of pyridine rings is 1. The first-order chi connectivity index (χ1) is 8.24. The molecule has 2 rings (SSSR count). The molecule has 1 fully saturated rings. The van der Waals surface area contributed by atoms with Crippen LogP contribution in [-0.2, 0) is 4.79 Å². The van der Waals surface area contributed by atoms with Crippen molar-refractivity contribution in [3.8, 4) is 5.88 Å². The number of carbonyl (C=O) groups is 1. The van der Waals surface area contributed by atoms with Crippen molar-refractivity contribution in [2.75, 3.05) is 24.7 Å². The predicted molar refractivity (Wildman–Crippen MR) is 63.0 cm³/mol. The molecule has 1 aliphatic rings. The molecule has 1 atom stereocenters. The molecule has 1 aromatic rings. The summed E-state index contributed by atoms with van der Waals surface area (Å²) in [4.78, 5) is 17.5. The lowest BCUT2D eigenvalue weighted by Crippen LogP contribution is -2.24. The molecule has 0 spiro atoms. The third-order valence-corrected chi connectivity index (χ3v) is 2.79. The Morgan fingerprint density at radius 2 is 2.41 bits per heavy atom. The Morgan fingerprint density at radius 3 is 2.94 bits per heavy atom. The standard InChI is InChI=1S/C12H16N2O3/c1-2-17-11-4-3-10(6-13-11)14-7-9(8-15)5-12(14)16/h3-4,6,9,15H,2,5,7-8H2,1H3. The van der Waals surface area contributed by atoms with Crippen LogP contribution in [0.1, 0.15) is 13.3 Å². The Bertz CT molecular complexity index is 391. The van der Waals surface area contributed by atoms with E-state index in [-0.39, 0.29) is 18.4 Å². The molecule has 1 unspecified atom stereocenters. The summed E-state index contributed by atoms with van der Waals surface area (Å²) in [7, 11) is 0. The number of ether oxygens (including phenoxy) is 1. The lowest BCUT2D eigenvalue weighted by Gasteiger charge is -2.16. The molecule has 92 valence electrons. The van der Waals surface area contributed by atoms with Crippen LogP contribution >= 0.6 is 0 Å². The zero-order valence-corrected chi connectivity index (χ0v) is 9.80. The quantitative estimate of drug-likeness (QED) is 0.841. The molecule has 0 aliphatic carbocycles. The number of nitrogens with zero attached hydrogens (tertiary/aromatic N) is 2. The van der Waals surface area contributed by atoms with Gasteiger partial charge in [0.05, 0.1) is 18.5 Å². The van der Waals surface area contributed by atoms with E-state index in [1.165, 1.54) is 0 Å². The number of carbonyl (C=O) groups excluding carboxylic acids is 1. The van der Waals surface area contributed by atoms with Crippen molar-refractivity contribution in [1.82, 2.24) is 4.98 Å². The third kappa shape index (κ3) is 2.55. The lowest BCUT2D eigenvalue weighted by molar-refractivity contribution is -0.117. The summed E-state index contributed by atoms with van der Waals surface area (Å²) in [5.74, 6) is 0.630. The first-order valence-electron chi connectivity index (χ1n) is 5.74. The Kier molecular flexibility index (Phi) is 3.58. The van der Waals surface area contributed by atoms with Crippen LogP contribution in [0.3, 0.4) is 0 Å². The van der Waals surface area contributed by atoms with Crippen molar-refractivity contribution in [2.24, 2.45) is 5.92 Å². The molecule has 0 radical (unpaired) electrons. The lowest BCUT2D eigenvalue weighted by atomic mass is 10.1. The first-order valence-corrected chi connectivity index (χ1v) is 5.74. The smallest absolute Gasteiger partial charge is 0.227 e. The van der Waals surface area contributed by atoms with E-state index in [1.807, 2.05) is 13.0 Å². The molecular formula is C12H16N2O3. The summed E-state index contributed by atoms with van der Waals surface area (Å²) in [5, 5.41) is 9.05. The normalized spacial score (nSPS) is 19.8. The fourth-order valence-electron chi connectivity index (χ4n) is 1.92. The predicted octanol–water partition coefficient (Wildman–Crippen LogP) is 0.825. The highest BCUT2D eigenvalue weighted by Gasteiger charge is 2.30. The van der Waals surface area contributed by atoms with Gasteiger partial charge in [0, 0.05) is 31.6 Å². The Balaban J connectivity index is 2.09. The third-order valence-electron chi connectivity index (χ3n) is 2.79. The highest BCUT2D eigenvalue weighted by Crippen LogP contribution is 2.25. The SMILES string of the molecule is CCOc1ccc(N2CC(CO)CC2=O)cn1. The van der Waals surface area contributed by atoms with Gasteiger partial charge in [-0.25, -0.2) is 4.98 Å². The Hall–Kier alpha value is -1.62. The molecule has 0 aromatic carbocycles. The van der Waals surface area contributed by atoms with E-state index in [0.29, 0.717) is 25.5 Å². The van der Waals surface area contributed by atoms with Crippen molar-refractivity contribution >= 4 is 11.6 Å². The Labute approximate surface area is 100 Å². The number of amides is 1. The summed E-state index contributed by atoms with van der Waals surface area (Å²) < 4.78 is 5.24. The van der Waals surface area contributed by atoms with Crippen molar-refractivity contribution in [3.05, 3.63) is 18.3 Å². The topological polar surface area (TPSA) is 62.7 Å². The van der Waals surface area contributed by atoms with Gasteiger partial charge in [-0.3, -0.25) is 4.79 Å². The molecule has 1 aromatic heterocycles. The maximum atomic E-state index is 11.7. The van der Waals surface area contributed by atoms with Gasteiger partial charge in [-0.05, 0) is 13.0 Å². The van der Waals surface area contributed by atoms with Crippen LogP contribution in [0.15, 0.2) is 18.3 Å². The van der Waals surface area contributed by atoms with Crippen LogP contribution in [0.4, 0.5) is 5.69 Å². The number of anilines is 1. The molecule has 17 heavy (non-hydrogen) atoms. The largest absolute Gasteiger partial charge is 0.478 e. The maximum Gasteiger partial charge on any atom is 0.227 e. The van der Waals surface area contributed by atoms with E-state index in [0.717, 1.165) is 5.69 Å². The minimum absolute atomic E-state index is 0.0362. The zero-order valence-electron chi connectivity index (χ0n) is 9.80. The van der Waals surface area contributed by atoms with Gasteiger partial charge in [-0.1, -0.05) is 0 Å². The molecule has 5 nitrogen and oxygen atoms in total. The van der Waals surface area contributed by atoms with Crippen LogP contribution in [0.5, 0.6) is 5.88 Å². The van der Waals surface area contributed by atoms with Gasteiger partial charge in [0.1, 0.15) is 0 Å². The van der Waals surface area contributed by atoms with Crippen molar-refractivity contribution in [3.63, 3.8) is 0 Å². The molecule has 1 N–H and O–H groups in total. The second kappa shape index (κ2) is 5.14. The van der Waals surface area contributed by atoms with E-state index in [1.54, 1.807) is 17.2 Å². The minimum atomic E-state index is 0.0362. The van der Waals surface area contributed by atoms with Crippen LogP contribution in [0.2, 0.25) is 0 Å². The molecule has 1 amide bonds. The van der Waals surface area contributed by atoms with Gasteiger partial charge in [0.15, 0.2) is 0 Å². The minimum Gasteiger partial charge on any atom is -0.478 e. The summed E-state index contributed by atoms with van der Waals surface area (Å²) >= 11 is 0. The van der Waals surface area contributed by atoms with Gasteiger partial charge >= 0.3 is 0 Å². The van der Waals surface area contributed by atoms with Crippen LogP contribution in [0, 0.1) is 5.92 Å². The van der Waals surface area contributed by atoms with Crippen molar-refractivity contribution in [1.29, 1.82) is 0 Å². The number of aliphatic hydroxyl groups is 1. The van der Waals surface area contributed by atoms with Crippen molar-refractivity contribution < 1.29 is 14.6 Å². The van der Waals surface area contributed by atoms with E-state index >= 15 is 0 Å². The van der Waals surface area contributed by atoms with Gasteiger partial charge in [-0.2, -0.15) is 0 Å². The molecule has 2 heterocycles. The number of hydrogen-bond acceptors (Lipinski definition) is 4. The number of aliphatic hydroxyl groups excluding tert-OH is 1. The molecular weight excluding hydrogens is 220 g/mol. The fourth-order valence-corrected chi connectivity index (χ4v) is 1.92. The van der Waals surface area contributed by atoms with Gasteiger partial charge in [0.2, 0.25) is 11.8 Å². The van der Waals surface area contributed by atoms with E-state index in [9.17, 15) is 4.79 Å². The summed E-state index contributed by atoms with van der Waals surface area (Å²) in [5.41, 5.74) is 0.759. The molecule has 0 saturated carbocycles. The Morgan fingerprint density at radius 1 is 1.59 bits per heavy atom. The van der Waals surface area contributed by atoms with Crippen LogP contribution in [0.25, 0.3) is 0 Å². The highest BCUT2D eigenvalue weighted by atomic mass is 16.5. The molecule has 0 bridgehead atoms. The molecule has 1 aliphatic heterocycles. The monoisotopic (exact) mass is 236 g/mol. The van der Waals surface area contributed by atoms with Gasteiger partial charge in [0.25, 0.3) is 0 Å². The van der Waals surface area contributed by atoms with Crippen molar-refractivity contribution in [2.45, 2.75) is 13.3 Å². The molecule has 1 saturated heterocycles. The summed E-state index contributed by atoms with van der Waals surface area (Å²) in [6, 6.07) is 3.56. The van der Waals surface area contributed by atoms with E-state index < -0.39 is 0 Å². The first kappa shape index (κ1) is 11.9. The average Bonchev–Trinajstić information content (AvgIpc) is 2.72. The number of hydrogen-bond donors (Lipinski definition) is 1. The van der Waals surface area contributed by atoms with Crippen LogP contribution < -0.4 is 9.64 Å². The number of aromatic nitrogens is 1. The number of rotatable bonds is 4. The van der Waals surface area contributed by atoms with Gasteiger partial charge < -0.3 is 14.7 Å². The van der Waals surface area contributed by atoms with E-state index in [4.69, 9.17) is 9.84 Å². The van der Waals surface area contributed by atoms with Crippen LogP contribution in [-0.4, -0.2) is 35.8 Å². The van der Waals surface area contributed by atoms with Gasteiger partial charge in [-0.15, -0.1) is 0 Å². The molecule has 5 heteroatoms. The highest BCUT2D eigenvalue weighted by molar-refractivity contribution is 5.95. The summed E-state index contributed by atoms with van der Waals surface area (Å²) in [6.45, 7) is 3.07. The summed E-state index contributed by atoms with van der Waals surface area (Å²) in [6.07, 6.45) is 2.03. The average molecular weight is 236 g/mol. The maximum absolute atomic E-state index is 11.7. The zero-order chi connectivity index (χ0) is 12.3. The fraction of sp³-hybridized carbons (Fsp3) is 0.500. The second-order valence-electron chi connectivity index (χ2n) is 4.04. The van der Waals surface area contributed by atoms with E-state index in [2.05, 4.69) is 4.98 Å². The second-order valence-corrected chi connectivity index (χ2v) is 4.04.